The second-order valence-corrected chi connectivity index (χ2v) is 8.65. The molecule has 1 aliphatic heterocycles. The summed E-state index contributed by atoms with van der Waals surface area (Å²) in [6.07, 6.45) is 1.53. The van der Waals surface area contributed by atoms with Crippen molar-refractivity contribution < 1.29 is 19.4 Å². The Balaban J connectivity index is 1.85. The van der Waals surface area contributed by atoms with Gasteiger partial charge in [-0.15, -0.1) is 0 Å². The molecular formula is C28H32N4O4. The molecule has 1 saturated heterocycles. The van der Waals surface area contributed by atoms with E-state index < -0.39 is 17.7 Å². The zero-order valence-corrected chi connectivity index (χ0v) is 21.1. The van der Waals surface area contributed by atoms with Crippen molar-refractivity contribution in [3.8, 4) is 11.4 Å². The number of aliphatic hydroxyl groups is 1. The zero-order chi connectivity index (χ0) is 25.8. The highest BCUT2D eigenvalue weighted by atomic mass is 16.5. The third kappa shape index (κ3) is 4.52. The third-order valence-electron chi connectivity index (χ3n) is 6.79. The maximum atomic E-state index is 13.4. The van der Waals surface area contributed by atoms with Crippen molar-refractivity contribution in [3.05, 3.63) is 83.2 Å². The summed E-state index contributed by atoms with van der Waals surface area (Å²) in [4.78, 5) is 30.4. The van der Waals surface area contributed by atoms with Crippen LogP contribution in [0.5, 0.6) is 5.75 Å². The number of hydrogen-bond donors (Lipinski definition) is 1. The Morgan fingerprint density at radius 1 is 1.06 bits per heavy atom. The number of likely N-dealkylation sites (tertiary alicyclic amines) is 1. The first kappa shape index (κ1) is 25.2. The van der Waals surface area contributed by atoms with Crippen LogP contribution in [0.1, 0.15) is 36.7 Å². The predicted octanol–water partition coefficient (Wildman–Crippen LogP) is 3.95. The SMILES string of the molecule is CCN(CC)CCN1C(=O)C(=O)C(=C(O)c2cnn(-c3ccccc3)c2C)C1c1ccccc1OC. The first-order valence-electron chi connectivity index (χ1n) is 12.2. The molecule has 8 nitrogen and oxygen atoms in total. The number of ether oxygens (including phenoxy) is 1. The van der Waals surface area contributed by atoms with Crippen LogP contribution in [0.3, 0.4) is 0 Å². The molecule has 0 saturated carbocycles. The number of carbonyl (C=O) groups is 2. The summed E-state index contributed by atoms with van der Waals surface area (Å²) in [5.41, 5.74) is 2.58. The second kappa shape index (κ2) is 10.8. The summed E-state index contributed by atoms with van der Waals surface area (Å²) in [5, 5.41) is 15.9. The molecular weight excluding hydrogens is 456 g/mol. The summed E-state index contributed by atoms with van der Waals surface area (Å²) >= 11 is 0. The average Bonchev–Trinajstić information content (AvgIpc) is 3.41. The Labute approximate surface area is 211 Å². The van der Waals surface area contributed by atoms with Gasteiger partial charge in [0.05, 0.1) is 41.9 Å². The average molecular weight is 489 g/mol. The van der Waals surface area contributed by atoms with E-state index in [-0.39, 0.29) is 11.3 Å². The van der Waals surface area contributed by atoms with Gasteiger partial charge in [0, 0.05) is 18.7 Å². The number of carbonyl (C=O) groups excluding carboxylic acids is 2. The molecule has 1 aliphatic rings. The number of aromatic nitrogens is 2. The van der Waals surface area contributed by atoms with Gasteiger partial charge in [-0.05, 0) is 38.2 Å². The Bertz CT molecular complexity index is 1280. The van der Waals surface area contributed by atoms with Crippen molar-refractivity contribution in [2.45, 2.75) is 26.8 Å². The highest BCUT2D eigenvalue weighted by molar-refractivity contribution is 6.46. The monoisotopic (exact) mass is 488 g/mol. The third-order valence-corrected chi connectivity index (χ3v) is 6.79. The number of methoxy groups -OCH3 is 1. The molecule has 2 aromatic carbocycles. The molecule has 1 N–H and O–H groups in total. The highest BCUT2D eigenvalue weighted by Crippen LogP contribution is 2.42. The van der Waals surface area contributed by atoms with Gasteiger partial charge in [-0.1, -0.05) is 50.2 Å². The summed E-state index contributed by atoms with van der Waals surface area (Å²) in [6, 6.07) is 16.0. The molecule has 188 valence electrons. The van der Waals surface area contributed by atoms with Crippen LogP contribution >= 0.6 is 0 Å². The maximum Gasteiger partial charge on any atom is 0.295 e. The standard InChI is InChI=1S/C28H32N4O4/c1-5-30(6-2)16-17-31-25(21-14-10-11-15-23(21)36-4)24(27(34)28(31)35)26(33)22-18-29-32(19(22)3)20-12-8-7-9-13-20/h7-15,18,25,33H,5-6,16-17H2,1-4H3. The normalized spacial score (nSPS) is 17.2. The van der Waals surface area contributed by atoms with E-state index in [2.05, 4.69) is 23.8 Å². The largest absolute Gasteiger partial charge is 0.507 e. The topological polar surface area (TPSA) is 87.9 Å². The molecule has 1 aromatic heterocycles. The van der Waals surface area contributed by atoms with E-state index in [9.17, 15) is 14.7 Å². The molecule has 2 heterocycles. The first-order chi connectivity index (χ1) is 17.4. The summed E-state index contributed by atoms with van der Waals surface area (Å²) in [6.45, 7) is 8.55. The Hall–Kier alpha value is -3.91. The van der Waals surface area contributed by atoms with Gasteiger partial charge in [-0.3, -0.25) is 9.59 Å². The number of amides is 1. The van der Waals surface area contributed by atoms with Crippen molar-refractivity contribution in [1.82, 2.24) is 19.6 Å². The number of nitrogens with zero attached hydrogens (tertiary/aromatic N) is 4. The zero-order valence-electron chi connectivity index (χ0n) is 21.1. The van der Waals surface area contributed by atoms with Gasteiger partial charge in [-0.25, -0.2) is 4.68 Å². The molecule has 0 spiro atoms. The molecule has 1 amide bonds. The van der Waals surface area contributed by atoms with Crippen molar-refractivity contribution in [3.63, 3.8) is 0 Å². The minimum absolute atomic E-state index is 0.0414. The molecule has 0 bridgehead atoms. The lowest BCUT2D eigenvalue weighted by molar-refractivity contribution is -0.140. The predicted molar refractivity (Wildman–Crippen MR) is 138 cm³/mol. The Morgan fingerprint density at radius 2 is 1.72 bits per heavy atom. The minimum atomic E-state index is -0.781. The van der Waals surface area contributed by atoms with E-state index in [4.69, 9.17) is 4.74 Å². The fraction of sp³-hybridized carbons (Fsp3) is 0.321. The highest BCUT2D eigenvalue weighted by Gasteiger charge is 2.47. The molecule has 4 rings (SSSR count). The molecule has 1 fully saturated rings. The summed E-state index contributed by atoms with van der Waals surface area (Å²) in [7, 11) is 1.55. The van der Waals surface area contributed by atoms with Crippen LogP contribution in [-0.2, 0) is 9.59 Å². The number of rotatable bonds is 9. The van der Waals surface area contributed by atoms with Crippen LogP contribution in [0.15, 0.2) is 66.4 Å². The van der Waals surface area contributed by atoms with Crippen LogP contribution in [0.4, 0.5) is 0 Å². The number of aliphatic hydroxyl groups excluding tert-OH is 1. The van der Waals surface area contributed by atoms with E-state index in [1.165, 1.54) is 6.20 Å². The lowest BCUT2D eigenvalue weighted by atomic mass is 9.94. The minimum Gasteiger partial charge on any atom is -0.507 e. The molecule has 3 aromatic rings. The quantitative estimate of drug-likeness (QED) is 0.279. The van der Waals surface area contributed by atoms with Crippen molar-refractivity contribution in [2.75, 3.05) is 33.3 Å². The lowest BCUT2D eigenvalue weighted by Gasteiger charge is -2.29. The smallest absolute Gasteiger partial charge is 0.295 e. The summed E-state index contributed by atoms with van der Waals surface area (Å²) < 4.78 is 7.28. The summed E-state index contributed by atoms with van der Waals surface area (Å²) in [5.74, 6) is -1.04. The Kier molecular flexibility index (Phi) is 7.55. The molecule has 36 heavy (non-hydrogen) atoms. The van der Waals surface area contributed by atoms with Gasteiger partial charge in [-0.2, -0.15) is 5.10 Å². The van der Waals surface area contributed by atoms with Crippen LogP contribution in [0.25, 0.3) is 11.4 Å². The maximum absolute atomic E-state index is 13.4. The number of benzene rings is 2. The van der Waals surface area contributed by atoms with Gasteiger partial charge in [0.1, 0.15) is 11.5 Å². The first-order valence-corrected chi connectivity index (χ1v) is 12.2. The van der Waals surface area contributed by atoms with E-state index in [0.29, 0.717) is 35.7 Å². The van der Waals surface area contributed by atoms with Gasteiger partial charge in [0.15, 0.2) is 0 Å². The van der Waals surface area contributed by atoms with E-state index in [1.807, 2.05) is 55.5 Å². The van der Waals surface area contributed by atoms with Crippen LogP contribution in [-0.4, -0.2) is 69.7 Å². The second-order valence-electron chi connectivity index (χ2n) is 8.65. The van der Waals surface area contributed by atoms with Crippen molar-refractivity contribution >= 4 is 17.4 Å². The fourth-order valence-electron chi connectivity index (χ4n) is 4.73. The molecule has 0 radical (unpaired) electrons. The van der Waals surface area contributed by atoms with E-state index >= 15 is 0 Å². The number of para-hydroxylation sites is 2. The fourth-order valence-corrected chi connectivity index (χ4v) is 4.73. The van der Waals surface area contributed by atoms with Gasteiger partial charge >= 0.3 is 0 Å². The van der Waals surface area contributed by atoms with Crippen LogP contribution in [0, 0.1) is 6.92 Å². The number of Topliss-reactive ketones (excluding diaryl/α,β-unsaturated/α-hetero) is 1. The lowest BCUT2D eigenvalue weighted by Crippen LogP contribution is -2.38. The molecule has 8 heteroatoms. The van der Waals surface area contributed by atoms with Gasteiger partial charge < -0.3 is 19.6 Å². The van der Waals surface area contributed by atoms with Crippen molar-refractivity contribution in [1.29, 1.82) is 0 Å². The van der Waals surface area contributed by atoms with Crippen LogP contribution in [0.2, 0.25) is 0 Å². The number of hydrogen-bond acceptors (Lipinski definition) is 6. The van der Waals surface area contributed by atoms with E-state index in [0.717, 1.165) is 18.8 Å². The number of ketones is 1. The van der Waals surface area contributed by atoms with Crippen LogP contribution < -0.4 is 4.74 Å². The van der Waals surface area contributed by atoms with Crippen molar-refractivity contribution in [2.24, 2.45) is 0 Å². The van der Waals surface area contributed by atoms with Gasteiger partial charge in [0.2, 0.25) is 0 Å². The molecule has 0 aliphatic carbocycles. The van der Waals surface area contributed by atoms with Gasteiger partial charge in [0.25, 0.3) is 11.7 Å². The Morgan fingerprint density at radius 3 is 2.39 bits per heavy atom. The molecule has 1 atom stereocenters. The molecule has 1 unspecified atom stereocenters. The number of likely N-dealkylation sites (N-methyl/N-ethyl adjacent to an activating group) is 1. The van der Waals surface area contributed by atoms with E-state index in [1.54, 1.807) is 22.8 Å².